The van der Waals surface area contributed by atoms with Crippen molar-refractivity contribution in [2.45, 2.75) is 70.4 Å². The van der Waals surface area contributed by atoms with Crippen molar-refractivity contribution in [2.75, 3.05) is 13.1 Å². The molecular weight excluding hydrogens is 399 g/mol. The lowest BCUT2D eigenvalue weighted by Gasteiger charge is -2.38. The normalized spacial score (nSPS) is 23.5. The third-order valence-corrected chi connectivity index (χ3v) is 6.68. The highest BCUT2D eigenvalue weighted by atomic mass is 19.1. The Kier molecular flexibility index (Phi) is 7.46. The van der Waals surface area contributed by atoms with Gasteiger partial charge in [-0.25, -0.2) is 4.39 Å². The van der Waals surface area contributed by atoms with Crippen LogP contribution in [0.25, 0.3) is 0 Å². The summed E-state index contributed by atoms with van der Waals surface area (Å²) in [5.74, 6) is -1.65. The van der Waals surface area contributed by atoms with Crippen LogP contribution < -0.4 is 5.32 Å². The number of amides is 2. The van der Waals surface area contributed by atoms with Gasteiger partial charge >= 0.3 is 0 Å². The lowest BCUT2D eigenvalue weighted by atomic mass is 9.80. The molecule has 2 unspecified atom stereocenters. The highest BCUT2D eigenvalue weighted by Gasteiger charge is 2.38. The SMILES string of the molecule is CC(C)C(=O)C(NC(=O)c1cccc(C2(O)CCCN(C=O)C2)c1F)C1CCCCC1. The molecule has 2 fully saturated rings. The molecule has 1 aliphatic carbocycles. The number of Topliss-reactive ketones (excluding diaryl/α,β-unsaturated/α-hetero) is 1. The molecule has 1 saturated heterocycles. The quantitative estimate of drug-likeness (QED) is 0.648. The predicted octanol–water partition coefficient (Wildman–Crippen LogP) is 3.17. The van der Waals surface area contributed by atoms with Crippen molar-refractivity contribution in [3.63, 3.8) is 0 Å². The van der Waals surface area contributed by atoms with Crippen LogP contribution in [0.1, 0.15) is 74.7 Å². The molecule has 1 aromatic carbocycles. The van der Waals surface area contributed by atoms with Crippen LogP contribution in [0.5, 0.6) is 0 Å². The van der Waals surface area contributed by atoms with Crippen LogP contribution in [0.4, 0.5) is 4.39 Å². The highest BCUT2D eigenvalue weighted by molar-refractivity contribution is 5.98. The van der Waals surface area contributed by atoms with Gasteiger partial charge in [0, 0.05) is 18.0 Å². The van der Waals surface area contributed by atoms with E-state index in [9.17, 15) is 19.5 Å². The predicted molar refractivity (Wildman–Crippen MR) is 115 cm³/mol. The first-order chi connectivity index (χ1) is 14.8. The number of ketones is 1. The van der Waals surface area contributed by atoms with Crippen molar-refractivity contribution in [2.24, 2.45) is 11.8 Å². The van der Waals surface area contributed by atoms with Gasteiger partial charge in [0.15, 0.2) is 5.78 Å². The minimum Gasteiger partial charge on any atom is -0.383 e. The van der Waals surface area contributed by atoms with Crippen LogP contribution in [-0.4, -0.2) is 47.2 Å². The lowest BCUT2D eigenvalue weighted by molar-refractivity contribution is -0.126. The third-order valence-electron chi connectivity index (χ3n) is 6.68. The zero-order valence-electron chi connectivity index (χ0n) is 18.4. The maximum Gasteiger partial charge on any atom is 0.254 e. The lowest BCUT2D eigenvalue weighted by Crippen LogP contribution is -2.48. The smallest absolute Gasteiger partial charge is 0.254 e. The second-order valence-electron chi connectivity index (χ2n) is 9.28. The van der Waals surface area contributed by atoms with E-state index in [2.05, 4.69) is 5.32 Å². The number of hydrogen-bond donors (Lipinski definition) is 2. The van der Waals surface area contributed by atoms with Crippen molar-refractivity contribution in [3.8, 4) is 0 Å². The second-order valence-corrected chi connectivity index (χ2v) is 9.28. The second kappa shape index (κ2) is 9.90. The van der Waals surface area contributed by atoms with Crippen LogP contribution in [0, 0.1) is 17.7 Å². The Morgan fingerprint density at radius 2 is 1.94 bits per heavy atom. The van der Waals surface area contributed by atoms with Gasteiger partial charge < -0.3 is 15.3 Å². The number of carbonyl (C=O) groups is 3. The molecule has 1 aliphatic heterocycles. The summed E-state index contributed by atoms with van der Waals surface area (Å²) in [4.78, 5) is 38.5. The number of halogens is 1. The topological polar surface area (TPSA) is 86.7 Å². The maximum atomic E-state index is 15.4. The van der Waals surface area contributed by atoms with E-state index in [1.54, 1.807) is 0 Å². The molecule has 3 rings (SSSR count). The molecule has 1 saturated carbocycles. The number of benzene rings is 1. The number of likely N-dealkylation sites (tertiary alicyclic amines) is 1. The molecule has 2 amide bonds. The van der Waals surface area contributed by atoms with E-state index in [0.717, 1.165) is 32.1 Å². The third kappa shape index (κ3) is 5.14. The Morgan fingerprint density at radius 3 is 2.58 bits per heavy atom. The summed E-state index contributed by atoms with van der Waals surface area (Å²) in [6.45, 7) is 4.11. The molecule has 0 aromatic heterocycles. The molecule has 7 heteroatoms. The molecular formula is C24H33FN2O4. The highest BCUT2D eigenvalue weighted by Crippen LogP contribution is 2.34. The molecule has 0 spiro atoms. The molecule has 31 heavy (non-hydrogen) atoms. The van der Waals surface area contributed by atoms with Crippen molar-refractivity contribution in [1.82, 2.24) is 10.2 Å². The van der Waals surface area contributed by atoms with E-state index < -0.39 is 23.4 Å². The number of carbonyl (C=O) groups excluding carboxylic acids is 3. The van der Waals surface area contributed by atoms with E-state index in [1.807, 2.05) is 13.8 Å². The fraction of sp³-hybridized carbons (Fsp3) is 0.625. The molecule has 0 bridgehead atoms. The standard InChI is InChI=1S/C24H33FN2O4/c1-16(2)22(29)21(17-8-4-3-5-9-17)26-23(30)18-10-6-11-19(20(18)25)24(31)12-7-13-27(14-24)15-28/h6,10-11,15-17,21,31H,3-5,7-9,12-14H2,1-2H3,(H,26,30). The van der Waals surface area contributed by atoms with Crippen molar-refractivity contribution in [3.05, 3.63) is 35.1 Å². The molecule has 2 atom stereocenters. The Labute approximate surface area is 183 Å². The first kappa shape index (κ1) is 23.4. The number of piperidine rings is 1. The van der Waals surface area contributed by atoms with Gasteiger partial charge in [-0.1, -0.05) is 45.2 Å². The van der Waals surface area contributed by atoms with Gasteiger partial charge in [0.1, 0.15) is 11.4 Å². The van der Waals surface area contributed by atoms with E-state index in [0.29, 0.717) is 25.8 Å². The molecule has 1 aromatic rings. The van der Waals surface area contributed by atoms with E-state index >= 15 is 4.39 Å². The van der Waals surface area contributed by atoms with Gasteiger partial charge in [0.05, 0.1) is 18.2 Å². The summed E-state index contributed by atoms with van der Waals surface area (Å²) < 4.78 is 15.4. The Morgan fingerprint density at radius 1 is 1.23 bits per heavy atom. The molecule has 0 radical (unpaired) electrons. The monoisotopic (exact) mass is 432 g/mol. The molecule has 170 valence electrons. The van der Waals surface area contributed by atoms with Crippen molar-refractivity contribution < 1.29 is 23.9 Å². The van der Waals surface area contributed by atoms with Gasteiger partial charge in [-0.05, 0) is 37.7 Å². The number of nitrogens with one attached hydrogen (secondary N) is 1. The first-order valence-corrected chi connectivity index (χ1v) is 11.3. The van der Waals surface area contributed by atoms with Crippen molar-refractivity contribution in [1.29, 1.82) is 0 Å². The molecule has 2 N–H and O–H groups in total. The van der Waals surface area contributed by atoms with E-state index in [-0.39, 0.29) is 35.3 Å². The first-order valence-electron chi connectivity index (χ1n) is 11.3. The molecule has 1 heterocycles. The number of hydrogen-bond acceptors (Lipinski definition) is 4. The Bertz CT molecular complexity index is 822. The average molecular weight is 433 g/mol. The number of aliphatic hydroxyl groups is 1. The Balaban J connectivity index is 1.86. The summed E-state index contributed by atoms with van der Waals surface area (Å²) in [5, 5.41) is 13.9. The largest absolute Gasteiger partial charge is 0.383 e. The molecule has 2 aliphatic rings. The van der Waals surface area contributed by atoms with Gasteiger partial charge in [-0.3, -0.25) is 14.4 Å². The fourth-order valence-electron chi connectivity index (χ4n) is 4.91. The summed E-state index contributed by atoms with van der Waals surface area (Å²) >= 11 is 0. The number of β-amino-alcohol motifs (C(OH)–C–C–N with tert-alkyl or cyclic N) is 1. The van der Waals surface area contributed by atoms with Gasteiger partial charge in [0.25, 0.3) is 5.91 Å². The van der Waals surface area contributed by atoms with Gasteiger partial charge in [0.2, 0.25) is 6.41 Å². The van der Waals surface area contributed by atoms with Gasteiger partial charge in [-0.2, -0.15) is 0 Å². The van der Waals surface area contributed by atoms with Crippen molar-refractivity contribution >= 4 is 18.1 Å². The van der Waals surface area contributed by atoms with Crippen LogP contribution in [-0.2, 0) is 15.2 Å². The van der Waals surface area contributed by atoms with Crippen LogP contribution in [0.3, 0.4) is 0 Å². The maximum absolute atomic E-state index is 15.4. The number of rotatable bonds is 7. The molecule has 6 nitrogen and oxygen atoms in total. The summed E-state index contributed by atoms with van der Waals surface area (Å²) in [7, 11) is 0. The van der Waals surface area contributed by atoms with E-state index in [1.165, 1.54) is 23.1 Å². The Hall–Kier alpha value is -2.28. The van der Waals surface area contributed by atoms with Gasteiger partial charge in [-0.15, -0.1) is 0 Å². The van der Waals surface area contributed by atoms with Crippen LogP contribution >= 0.6 is 0 Å². The van der Waals surface area contributed by atoms with Crippen LogP contribution in [0.2, 0.25) is 0 Å². The minimum atomic E-state index is -1.55. The zero-order valence-corrected chi connectivity index (χ0v) is 18.4. The van der Waals surface area contributed by atoms with Crippen LogP contribution in [0.15, 0.2) is 18.2 Å². The minimum absolute atomic E-state index is 0.0103. The zero-order chi connectivity index (χ0) is 22.6. The number of nitrogens with zero attached hydrogens (tertiary/aromatic N) is 1. The summed E-state index contributed by atoms with van der Waals surface area (Å²) in [6.07, 6.45) is 6.39. The summed E-state index contributed by atoms with van der Waals surface area (Å²) in [6, 6.07) is 3.72. The van der Waals surface area contributed by atoms with E-state index in [4.69, 9.17) is 0 Å². The average Bonchev–Trinajstić information content (AvgIpc) is 2.77. The fourth-order valence-corrected chi connectivity index (χ4v) is 4.91. The summed E-state index contributed by atoms with van der Waals surface area (Å²) in [5.41, 5.74) is -1.72.